The Morgan fingerprint density at radius 1 is 1.03 bits per heavy atom. The van der Waals surface area contributed by atoms with Gasteiger partial charge in [-0.05, 0) is 68.3 Å². The number of rotatable bonds is 7. The SMILES string of the molecule is CC(C)(C)OC(=O)N[C@@H](CO)c1cccc(NS(=O)(=O)c2ccc(-c3ccc(F)cc3F)cc2)c1. The van der Waals surface area contributed by atoms with Crippen LogP contribution >= 0.6 is 0 Å². The summed E-state index contributed by atoms with van der Waals surface area (Å²) in [6, 6.07) is 14.0. The maximum absolute atomic E-state index is 14.0. The zero-order valence-corrected chi connectivity index (χ0v) is 20.2. The van der Waals surface area contributed by atoms with Gasteiger partial charge in [0.15, 0.2) is 0 Å². The van der Waals surface area contributed by atoms with E-state index in [0.717, 1.165) is 12.1 Å². The first kappa shape index (κ1) is 26.1. The minimum absolute atomic E-state index is 0.0697. The topological polar surface area (TPSA) is 105 Å². The molecule has 0 fully saturated rings. The zero-order chi connectivity index (χ0) is 25.8. The summed E-state index contributed by atoms with van der Waals surface area (Å²) < 4.78 is 60.6. The lowest BCUT2D eigenvalue weighted by Crippen LogP contribution is -2.36. The van der Waals surface area contributed by atoms with E-state index in [1.165, 1.54) is 42.5 Å². The summed E-state index contributed by atoms with van der Waals surface area (Å²) in [5.41, 5.74) is 0.479. The van der Waals surface area contributed by atoms with Crippen molar-refractivity contribution in [2.75, 3.05) is 11.3 Å². The zero-order valence-electron chi connectivity index (χ0n) is 19.4. The number of anilines is 1. The van der Waals surface area contributed by atoms with Gasteiger partial charge in [0.05, 0.1) is 17.5 Å². The molecule has 0 bridgehead atoms. The molecular formula is C25H26F2N2O5S. The van der Waals surface area contributed by atoms with E-state index < -0.39 is 46.0 Å². The Morgan fingerprint density at radius 2 is 1.71 bits per heavy atom. The summed E-state index contributed by atoms with van der Waals surface area (Å²) in [6.45, 7) is 4.69. The molecule has 0 aliphatic carbocycles. The molecule has 3 N–H and O–H groups in total. The molecule has 0 heterocycles. The molecule has 0 radical (unpaired) electrons. The summed E-state index contributed by atoms with van der Waals surface area (Å²) in [5.74, 6) is -1.46. The van der Waals surface area contributed by atoms with E-state index in [-0.39, 0.29) is 16.1 Å². The molecule has 3 aromatic rings. The molecule has 1 amide bonds. The van der Waals surface area contributed by atoms with Crippen molar-refractivity contribution in [1.29, 1.82) is 0 Å². The van der Waals surface area contributed by atoms with E-state index in [1.807, 2.05) is 0 Å². The predicted octanol–water partition coefficient (Wildman–Crippen LogP) is 4.99. The number of aliphatic hydroxyl groups excluding tert-OH is 1. The average molecular weight is 505 g/mol. The van der Waals surface area contributed by atoms with Crippen LogP contribution in [0.3, 0.4) is 0 Å². The van der Waals surface area contributed by atoms with Gasteiger partial charge in [0.1, 0.15) is 17.2 Å². The van der Waals surface area contributed by atoms with Crippen LogP contribution in [0.1, 0.15) is 32.4 Å². The molecule has 0 saturated heterocycles. The molecular weight excluding hydrogens is 478 g/mol. The first-order valence-corrected chi connectivity index (χ1v) is 12.1. The van der Waals surface area contributed by atoms with Gasteiger partial charge in [-0.15, -0.1) is 0 Å². The van der Waals surface area contributed by atoms with E-state index in [0.29, 0.717) is 11.1 Å². The molecule has 0 spiro atoms. The lowest BCUT2D eigenvalue weighted by atomic mass is 10.1. The van der Waals surface area contributed by atoms with E-state index in [2.05, 4.69) is 10.0 Å². The van der Waals surface area contributed by atoms with Crippen molar-refractivity contribution in [3.8, 4) is 11.1 Å². The highest BCUT2D eigenvalue weighted by Gasteiger charge is 2.21. The van der Waals surface area contributed by atoms with Crippen LogP contribution < -0.4 is 10.0 Å². The fourth-order valence-electron chi connectivity index (χ4n) is 3.25. The van der Waals surface area contributed by atoms with Crippen LogP contribution in [0.2, 0.25) is 0 Å². The number of benzene rings is 3. The summed E-state index contributed by atoms with van der Waals surface area (Å²) in [6.07, 6.45) is -0.722. The molecule has 7 nitrogen and oxygen atoms in total. The average Bonchev–Trinajstić information content (AvgIpc) is 2.76. The number of nitrogens with one attached hydrogen (secondary N) is 2. The summed E-state index contributed by atoms with van der Waals surface area (Å²) >= 11 is 0. The van der Waals surface area contributed by atoms with Gasteiger partial charge >= 0.3 is 6.09 Å². The van der Waals surface area contributed by atoms with Gasteiger partial charge in [0.25, 0.3) is 10.0 Å². The Bertz CT molecular complexity index is 1310. The molecule has 0 aliphatic heterocycles. The first-order valence-electron chi connectivity index (χ1n) is 10.7. The third-order valence-electron chi connectivity index (χ3n) is 4.82. The van der Waals surface area contributed by atoms with Crippen molar-refractivity contribution in [2.24, 2.45) is 0 Å². The maximum atomic E-state index is 14.0. The lowest BCUT2D eigenvalue weighted by molar-refractivity contribution is 0.0482. The van der Waals surface area contributed by atoms with Crippen LogP contribution in [-0.4, -0.2) is 31.8 Å². The third-order valence-corrected chi connectivity index (χ3v) is 6.22. The minimum atomic E-state index is -4.00. The van der Waals surface area contributed by atoms with Gasteiger partial charge in [-0.2, -0.15) is 0 Å². The monoisotopic (exact) mass is 504 g/mol. The normalized spacial score (nSPS) is 12.6. The van der Waals surface area contributed by atoms with Gasteiger partial charge in [-0.1, -0.05) is 24.3 Å². The van der Waals surface area contributed by atoms with Crippen molar-refractivity contribution < 1.29 is 31.8 Å². The Hall–Kier alpha value is -3.50. The fraction of sp³-hybridized carbons (Fsp3) is 0.240. The quantitative estimate of drug-likeness (QED) is 0.421. The number of halogens is 2. The van der Waals surface area contributed by atoms with Crippen molar-refractivity contribution >= 4 is 21.8 Å². The number of hydrogen-bond donors (Lipinski definition) is 3. The van der Waals surface area contributed by atoms with Crippen LogP contribution in [0.5, 0.6) is 0 Å². The molecule has 3 rings (SSSR count). The molecule has 0 aromatic heterocycles. The van der Waals surface area contributed by atoms with E-state index in [9.17, 15) is 27.1 Å². The number of hydrogen-bond acceptors (Lipinski definition) is 5. The number of alkyl carbamates (subject to hydrolysis) is 1. The number of amides is 1. The highest BCUT2D eigenvalue weighted by atomic mass is 32.2. The van der Waals surface area contributed by atoms with Crippen molar-refractivity contribution in [1.82, 2.24) is 5.32 Å². The molecule has 35 heavy (non-hydrogen) atoms. The highest BCUT2D eigenvalue weighted by Crippen LogP contribution is 2.26. The molecule has 1 atom stereocenters. The molecule has 0 unspecified atom stereocenters. The molecule has 186 valence electrons. The Balaban J connectivity index is 1.77. The van der Waals surface area contributed by atoms with Gasteiger partial charge in [0.2, 0.25) is 0 Å². The van der Waals surface area contributed by atoms with Crippen LogP contribution in [0, 0.1) is 11.6 Å². The highest BCUT2D eigenvalue weighted by molar-refractivity contribution is 7.92. The smallest absolute Gasteiger partial charge is 0.408 e. The molecule has 0 saturated carbocycles. The van der Waals surface area contributed by atoms with E-state index in [4.69, 9.17) is 4.74 Å². The number of carbonyl (C=O) groups excluding carboxylic acids is 1. The molecule has 0 aliphatic rings. The fourth-order valence-corrected chi connectivity index (χ4v) is 4.30. The largest absolute Gasteiger partial charge is 0.444 e. The second-order valence-corrected chi connectivity index (χ2v) is 10.4. The number of carbonyl (C=O) groups is 1. The van der Waals surface area contributed by atoms with Crippen molar-refractivity contribution in [3.63, 3.8) is 0 Å². The van der Waals surface area contributed by atoms with Gasteiger partial charge in [0, 0.05) is 17.3 Å². The predicted molar refractivity (Wildman–Crippen MR) is 128 cm³/mol. The van der Waals surface area contributed by atoms with Gasteiger partial charge < -0.3 is 15.2 Å². The van der Waals surface area contributed by atoms with Crippen LogP contribution in [-0.2, 0) is 14.8 Å². The van der Waals surface area contributed by atoms with Crippen molar-refractivity contribution in [3.05, 3.63) is 83.9 Å². The van der Waals surface area contributed by atoms with Crippen LogP contribution in [0.4, 0.5) is 19.3 Å². The van der Waals surface area contributed by atoms with Crippen LogP contribution in [0.15, 0.2) is 71.6 Å². The molecule has 10 heteroatoms. The Labute approximate surface area is 202 Å². The maximum Gasteiger partial charge on any atom is 0.408 e. The van der Waals surface area contributed by atoms with Gasteiger partial charge in [-0.25, -0.2) is 22.0 Å². The minimum Gasteiger partial charge on any atom is -0.444 e. The summed E-state index contributed by atoms with van der Waals surface area (Å²) in [4.78, 5) is 12.0. The summed E-state index contributed by atoms with van der Waals surface area (Å²) in [7, 11) is -4.00. The van der Waals surface area contributed by atoms with E-state index in [1.54, 1.807) is 32.9 Å². The van der Waals surface area contributed by atoms with E-state index >= 15 is 0 Å². The first-order chi connectivity index (χ1) is 16.4. The number of ether oxygens (including phenoxy) is 1. The second kappa shape index (κ2) is 10.4. The third kappa shape index (κ3) is 7.00. The van der Waals surface area contributed by atoms with Gasteiger partial charge in [-0.3, -0.25) is 4.72 Å². The standard InChI is InChI=1S/C25H26F2N2O5S/c1-25(2,3)34-24(31)28-23(15-30)17-5-4-6-19(13-17)29-35(32,33)20-10-7-16(8-11-20)21-12-9-18(26)14-22(21)27/h4-14,23,29-30H,15H2,1-3H3,(H,28,31)/t23-/m0/s1. The lowest BCUT2D eigenvalue weighted by Gasteiger charge is -2.23. The van der Waals surface area contributed by atoms with Crippen molar-refractivity contribution in [2.45, 2.75) is 37.3 Å². The number of aliphatic hydroxyl groups is 1. The molecule has 3 aromatic carbocycles. The van der Waals surface area contributed by atoms with Crippen LogP contribution in [0.25, 0.3) is 11.1 Å². The Kier molecular flexibility index (Phi) is 7.76. The second-order valence-electron chi connectivity index (χ2n) is 8.76. The Morgan fingerprint density at radius 3 is 2.31 bits per heavy atom. The summed E-state index contributed by atoms with van der Waals surface area (Å²) in [5, 5.41) is 12.3. The number of sulfonamides is 1.